The molecule has 0 aliphatic carbocycles. The predicted octanol–water partition coefficient (Wildman–Crippen LogP) is 5.24. The highest BCUT2D eigenvalue weighted by Crippen LogP contribution is 2.08. The number of hydrogen-bond donors (Lipinski definition) is 0. The molecular weight excluding hydrogens is 653 g/mol. The van der Waals surface area contributed by atoms with Crippen LogP contribution in [-0.4, -0.2) is 22.0 Å². The molecule has 0 N–H and O–H groups in total. The molecule has 0 saturated heterocycles. The van der Waals surface area contributed by atoms with Gasteiger partial charge in [0.05, 0.1) is 0 Å². The molecule has 0 aromatic heterocycles. The first kappa shape index (κ1) is 21.4. The first-order chi connectivity index (χ1) is 5.20. The van der Waals surface area contributed by atoms with Crippen LogP contribution in [0.3, 0.4) is 0 Å². The Balaban J connectivity index is -0.000000101. The number of hydrogen-bond acceptors (Lipinski definition) is 1. The molecule has 0 amide bonds. The summed E-state index contributed by atoms with van der Waals surface area (Å²) in [5.74, 6) is 0. The highest BCUT2D eigenvalue weighted by molar-refractivity contribution is 9.69. The first-order valence-electron chi connectivity index (χ1n) is 2.20. The quantitative estimate of drug-likeness (QED) is 0.258. The maximum absolute atomic E-state index is 9.36. The van der Waals surface area contributed by atoms with E-state index in [-0.39, 0.29) is 4.69 Å². The van der Waals surface area contributed by atoms with E-state index < -0.39 is 17.3 Å². The van der Waals surface area contributed by atoms with Gasteiger partial charge in [0.2, 0.25) is 0 Å². The molecule has 0 aliphatic heterocycles. The Hall–Kier alpha value is 4.09. The van der Waals surface area contributed by atoms with Gasteiger partial charge in [-0.3, -0.25) is 4.79 Å². The molecule has 0 aromatic carbocycles. The lowest BCUT2D eigenvalue weighted by Crippen LogP contribution is -1.60. The monoisotopic (exact) mass is 649 g/mol. The third-order valence-electron chi connectivity index (χ3n) is 0. The summed E-state index contributed by atoms with van der Waals surface area (Å²) < 4.78 is -0.0208. The molecule has 0 saturated carbocycles. The van der Waals surface area contributed by atoms with Crippen molar-refractivity contribution in [1.29, 1.82) is 0 Å². The van der Waals surface area contributed by atoms with Crippen LogP contribution in [0.1, 0.15) is 6.92 Å². The third kappa shape index (κ3) is 144. The van der Waals surface area contributed by atoms with Gasteiger partial charge in [-0.15, -0.1) is 0 Å². The van der Waals surface area contributed by atoms with E-state index in [2.05, 4.69) is 100 Å². The van der Waals surface area contributed by atoms with Gasteiger partial charge < -0.3 is 0 Å². The van der Waals surface area contributed by atoms with Gasteiger partial charge in [0, 0.05) is 6.92 Å². The topological polar surface area (TPSA) is 17.1 Å². The molecule has 72 valence electrons. The molecule has 0 fully saturated rings. The average molecular weight is 656 g/mol. The van der Waals surface area contributed by atoms with Gasteiger partial charge >= 0.3 is 17.3 Å². The Labute approximate surface area is 131 Å². The van der Waals surface area contributed by atoms with Gasteiger partial charge in [0.1, 0.15) is 0 Å². The molecule has 0 atom stereocenters. The second kappa shape index (κ2) is 17.5. The van der Waals surface area contributed by atoms with Crippen molar-refractivity contribution in [1.82, 2.24) is 0 Å². The molecule has 0 spiro atoms. The van der Waals surface area contributed by atoms with Crippen molar-refractivity contribution in [2.45, 2.75) is 6.92 Å². The largest absolute Gasteiger partial charge is 0.542 e. The van der Waals surface area contributed by atoms with Gasteiger partial charge in [-0.25, -0.2) is 0 Å². The van der Waals surface area contributed by atoms with Crippen molar-refractivity contribution in [2.75, 3.05) is 0 Å². The van der Waals surface area contributed by atoms with Gasteiger partial charge in [0.15, 0.2) is 4.69 Å². The van der Waals surface area contributed by atoms with Gasteiger partial charge in [-0.05, 0) is 15.9 Å². The fraction of sp³-hybridized carbons (Fsp3) is 0.500. The minimum Gasteiger partial charge on any atom is -0.287 e. The summed E-state index contributed by atoms with van der Waals surface area (Å²) in [6, 6.07) is 0. The maximum atomic E-state index is 9.36. The van der Waals surface area contributed by atoms with Crippen LogP contribution in [0.25, 0.3) is 0 Å². The van der Waals surface area contributed by atoms with Crippen molar-refractivity contribution >= 4 is 122 Å². The van der Waals surface area contributed by atoms with Crippen LogP contribution in [0.4, 0.5) is 0 Å². The van der Waals surface area contributed by atoms with Gasteiger partial charge in [0.25, 0.3) is 0 Å². The van der Waals surface area contributed by atoms with Crippen LogP contribution in [0.5, 0.6) is 0 Å². The molecule has 10 heteroatoms. The van der Waals surface area contributed by atoms with Crippen LogP contribution in [0.2, 0.25) is 0 Å². The fourth-order valence-electron chi connectivity index (χ4n) is 0. The summed E-state index contributed by atoms with van der Waals surface area (Å²) in [5.41, 5.74) is 0. The third-order valence-corrected chi connectivity index (χ3v) is 0. The molecule has 12 heavy (non-hydrogen) atoms. The molecule has 0 bridgehead atoms. The molecule has 0 aromatic rings. The van der Waals surface area contributed by atoms with Crippen LogP contribution < -0.4 is 0 Å². The fourth-order valence-corrected chi connectivity index (χ4v) is 0. The van der Waals surface area contributed by atoms with E-state index >= 15 is 0 Å². The van der Waals surface area contributed by atoms with E-state index in [0.29, 0.717) is 0 Å². The highest BCUT2D eigenvalue weighted by atomic mass is 80.0. The lowest BCUT2D eigenvalue weighted by Gasteiger charge is -1.59. The predicted molar refractivity (Wildman–Crippen MR) is 84.7 cm³/mol. The van der Waals surface area contributed by atoms with E-state index in [1.165, 1.54) is 6.92 Å². The lowest BCUT2D eigenvalue weighted by molar-refractivity contribution is -0.108. The molecule has 0 aliphatic rings. The number of carbonyl (C=O) groups excluding carboxylic acids is 1. The van der Waals surface area contributed by atoms with Crippen molar-refractivity contribution in [3.8, 4) is 0 Å². The summed E-state index contributed by atoms with van der Waals surface area (Å²) in [6.07, 6.45) is 0. The van der Waals surface area contributed by atoms with Crippen molar-refractivity contribution in [2.24, 2.45) is 0 Å². The minimum atomic E-state index is -0.701. The zero-order valence-corrected chi connectivity index (χ0v) is 19.1. The van der Waals surface area contributed by atoms with E-state index in [9.17, 15) is 4.79 Å². The van der Waals surface area contributed by atoms with Crippen molar-refractivity contribution in [3.63, 3.8) is 0 Å². The number of halogens is 7. The summed E-state index contributed by atoms with van der Waals surface area (Å²) >= 11 is 22.1. The summed E-state index contributed by atoms with van der Waals surface area (Å²) in [5, 5.41) is 0. The van der Waals surface area contributed by atoms with Crippen LogP contribution in [0, 0.1) is 0 Å². The molecule has 0 radical (unpaired) electrons. The second-order valence-corrected chi connectivity index (χ2v) is 41.7. The van der Waals surface area contributed by atoms with Crippen molar-refractivity contribution in [3.05, 3.63) is 0 Å². The lowest BCUT2D eigenvalue weighted by atomic mass is 11.0. The zero-order chi connectivity index (χ0) is 10.7. The molecule has 0 heterocycles. The maximum Gasteiger partial charge on any atom is 0.542 e. The summed E-state index contributed by atoms with van der Waals surface area (Å²) in [7, 11) is -1.40. The van der Waals surface area contributed by atoms with Crippen molar-refractivity contribution < 1.29 is 4.79 Å². The Morgan fingerprint density at radius 3 is 0.917 bits per heavy atom. The summed E-state index contributed by atoms with van der Waals surface area (Å²) in [6.45, 7) is 1.44. The number of carbonyl (C=O) groups is 1. The highest BCUT2D eigenvalue weighted by Gasteiger charge is 1.95. The normalized spacial score (nSPS) is 6.67. The summed E-state index contributed by atoms with van der Waals surface area (Å²) in [4.78, 5) is 9.36. The molecular formula is C2H3Al2Br7O. The van der Waals surface area contributed by atoms with Crippen LogP contribution >= 0.6 is 100 Å². The second-order valence-electron chi connectivity index (χ2n) is 0.965. The number of rotatable bonds is 0. The van der Waals surface area contributed by atoms with Gasteiger partial charge in [-0.1, -0.05) is 0 Å². The smallest absolute Gasteiger partial charge is 0.287 e. The van der Waals surface area contributed by atoms with E-state index in [0.717, 1.165) is 0 Å². The van der Waals surface area contributed by atoms with Crippen LogP contribution in [-0.2, 0) is 4.79 Å². The van der Waals surface area contributed by atoms with E-state index in [1.54, 1.807) is 0 Å². The Kier molecular flexibility index (Phi) is 31.2. The zero-order valence-electron chi connectivity index (χ0n) is 5.71. The van der Waals surface area contributed by atoms with Crippen LogP contribution in [0.15, 0.2) is 0 Å². The Morgan fingerprint density at radius 1 is 0.917 bits per heavy atom. The standard InChI is InChI=1S/C2H3BrO.2Al.6BrH/c1-2(3)4;;;;;;;;/h1H3;;;6*1H/q;2*+3;;;;;;/p-6. The van der Waals surface area contributed by atoms with E-state index in [4.69, 9.17) is 0 Å². The molecule has 1 nitrogen and oxygen atoms in total. The Morgan fingerprint density at radius 2 is 0.917 bits per heavy atom. The average Bonchev–Trinajstić information content (AvgIpc) is 1.54. The Bertz CT molecular complexity index is 81.9. The van der Waals surface area contributed by atoms with E-state index in [1.807, 2.05) is 0 Å². The minimum absolute atomic E-state index is 0.0208. The molecule has 0 unspecified atom stereocenters. The first-order valence-corrected chi connectivity index (χ1v) is 22.1. The SMILES string of the molecule is CC(=O)Br.[Br][Al]([Br])[Br].[Br][Al]([Br])[Br]. The van der Waals surface area contributed by atoms with Gasteiger partial charge in [-0.2, -0.15) is 84.3 Å². The molecule has 0 rings (SSSR count).